The molecule has 3 rings (SSSR count). The van der Waals surface area contributed by atoms with Crippen molar-refractivity contribution in [3.8, 4) is 5.75 Å². The second kappa shape index (κ2) is 4.90. The Labute approximate surface area is 110 Å². The first-order valence-corrected chi connectivity index (χ1v) is 6.52. The van der Waals surface area contributed by atoms with Crippen molar-refractivity contribution >= 4 is 5.78 Å². The fourth-order valence-electron chi connectivity index (χ4n) is 2.79. The Bertz CT molecular complexity index is 495. The zero-order valence-electron chi connectivity index (χ0n) is 10.5. The number of aliphatic hydroxyl groups is 1. The molecule has 0 radical (unpaired) electrons. The summed E-state index contributed by atoms with van der Waals surface area (Å²) in [6, 6.07) is 4.38. The monoisotopic (exact) mass is 265 g/mol. The highest BCUT2D eigenvalue weighted by molar-refractivity contribution is 5.79. The number of carbonyl (C=O) groups is 1. The molecule has 1 saturated heterocycles. The number of fused-ring (bicyclic) bond motifs is 1. The van der Waals surface area contributed by atoms with Gasteiger partial charge < -0.3 is 9.84 Å². The third kappa shape index (κ3) is 2.24. The molecule has 5 heteroatoms. The lowest BCUT2D eigenvalue weighted by molar-refractivity contribution is -0.123. The third-order valence-electron chi connectivity index (χ3n) is 3.90. The van der Waals surface area contributed by atoms with Gasteiger partial charge in [-0.3, -0.25) is 9.69 Å². The number of piperidine rings is 1. The van der Waals surface area contributed by atoms with Gasteiger partial charge in [-0.1, -0.05) is 12.1 Å². The van der Waals surface area contributed by atoms with Crippen molar-refractivity contribution in [1.29, 1.82) is 0 Å². The molecule has 4 nitrogen and oxygen atoms in total. The number of aliphatic hydroxyl groups excluding tert-OH is 1. The van der Waals surface area contributed by atoms with Gasteiger partial charge >= 0.3 is 0 Å². The number of hydrogen-bond acceptors (Lipinski definition) is 4. The molecule has 0 bridgehead atoms. The summed E-state index contributed by atoms with van der Waals surface area (Å²) < 4.78 is 19.0. The minimum atomic E-state index is -0.771. The molecule has 0 spiro atoms. The van der Waals surface area contributed by atoms with E-state index in [0.717, 1.165) is 0 Å². The molecular formula is C14H16FNO3. The number of Topliss-reactive ketones (excluding diaryl/α,β-unsaturated/α-hetero) is 1. The standard InChI is InChI=1S/C14H16FNO3/c15-11-3-1-2-10-13(18)12(8-19-14(10)11)16-6-4-9(17)5-7-16/h1-3,12-13,18H,4-8H2. The predicted octanol–water partition coefficient (Wildman–Crippen LogP) is 1.29. The summed E-state index contributed by atoms with van der Waals surface area (Å²) in [5.74, 6) is -0.0305. The topological polar surface area (TPSA) is 49.8 Å². The number of para-hydroxylation sites is 1. The summed E-state index contributed by atoms with van der Waals surface area (Å²) in [5, 5.41) is 10.4. The van der Waals surface area contributed by atoms with Crippen molar-refractivity contribution in [2.45, 2.75) is 25.0 Å². The Morgan fingerprint density at radius 3 is 2.79 bits per heavy atom. The lowest BCUT2D eigenvalue weighted by atomic mass is 9.96. The average molecular weight is 265 g/mol. The Hall–Kier alpha value is -1.46. The molecule has 2 atom stereocenters. The molecule has 102 valence electrons. The first kappa shape index (κ1) is 12.6. The van der Waals surface area contributed by atoms with Crippen molar-refractivity contribution < 1.29 is 19.0 Å². The van der Waals surface area contributed by atoms with Gasteiger partial charge in [-0.2, -0.15) is 0 Å². The van der Waals surface area contributed by atoms with Gasteiger partial charge in [0.15, 0.2) is 11.6 Å². The number of carbonyl (C=O) groups excluding carboxylic acids is 1. The van der Waals surface area contributed by atoms with Crippen molar-refractivity contribution in [2.24, 2.45) is 0 Å². The van der Waals surface area contributed by atoms with Gasteiger partial charge in [0.2, 0.25) is 0 Å². The highest BCUT2D eigenvalue weighted by Gasteiger charge is 2.36. The van der Waals surface area contributed by atoms with E-state index in [1.807, 2.05) is 0 Å². The van der Waals surface area contributed by atoms with E-state index in [4.69, 9.17) is 4.74 Å². The number of ketones is 1. The van der Waals surface area contributed by atoms with E-state index >= 15 is 0 Å². The van der Waals surface area contributed by atoms with E-state index in [0.29, 0.717) is 31.5 Å². The molecule has 2 heterocycles. The number of ether oxygens (including phenoxy) is 1. The molecule has 2 aliphatic rings. The SMILES string of the molecule is O=C1CCN(C2COc3c(F)cccc3C2O)CC1. The molecule has 0 aliphatic carbocycles. The number of likely N-dealkylation sites (tertiary alicyclic amines) is 1. The van der Waals surface area contributed by atoms with Gasteiger partial charge in [-0.15, -0.1) is 0 Å². The van der Waals surface area contributed by atoms with Crippen LogP contribution < -0.4 is 4.74 Å². The summed E-state index contributed by atoms with van der Waals surface area (Å²) in [4.78, 5) is 13.3. The van der Waals surface area contributed by atoms with Crippen LogP contribution in [0.2, 0.25) is 0 Å². The summed E-state index contributed by atoms with van der Waals surface area (Å²) in [6.07, 6.45) is 0.256. The molecule has 1 N–H and O–H groups in total. The minimum Gasteiger partial charge on any atom is -0.488 e. The van der Waals surface area contributed by atoms with Crippen LogP contribution in [-0.4, -0.2) is 41.5 Å². The van der Waals surface area contributed by atoms with E-state index in [2.05, 4.69) is 4.90 Å². The Kier molecular flexibility index (Phi) is 3.24. The molecule has 1 aromatic carbocycles. The minimum absolute atomic E-state index is 0.152. The highest BCUT2D eigenvalue weighted by Crippen LogP contribution is 2.36. The second-order valence-corrected chi connectivity index (χ2v) is 5.06. The maximum Gasteiger partial charge on any atom is 0.165 e. The van der Waals surface area contributed by atoms with E-state index in [-0.39, 0.29) is 24.2 Å². The fourth-order valence-corrected chi connectivity index (χ4v) is 2.79. The molecule has 0 amide bonds. The molecular weight excluding hydrogens is 249 g/mol. The summed E-state index contributed by atoms with van der Waals surface area (Å²) in [5.41, 5.74) is 0.494. The average Bonchev–Trinajstić information content (AvgIpc) is 2.42. The van der Waals surface area contributed by atoms with Crippen LogP contribution in [0.3, 0.4) is 0 Å². The molecule has 2 unspecified atom stereocenters. The van der Waals surface area contributed by atoms with Crippen molar-refractivity contribution in [3.63, 3.8) is 0 Å². The van der Waals surface area contributed by atoms with Crippen LogP contribution in [0.5, 0.6) is 5.75 Å². The number of halogens is 1. The number of hydrogen-bond donors (Lipinski definition) is 1. The zero-order valence-corrected chi connectivity index (χ0v) is 10.5. The van der Waals surface area contributed by atoms with Crippen LogP contribution in [0.25, 0.3) is 0 Å². The number of nitrogens with zero attached hydrogens (tertiary/aromatic N) is 1. The molecule has 1 aromatic rings. The largest absolute Gasteiger partial charge is 0.488 e. The van der Waals surface area contributed by atoms with Gasteiger partial charge in [-0.25, -0.2) is 4.39 Å². The quantitative estimate of drug-likeness (QED) is 0.831. The second-order valence-electron chi connectivity index (χ2n) is 5.06. The molecule has 1 fully saturated rings. The van der Waals surface area contributed by atoms with Crippen LogP contribution in [-0.2, 0) is 4.79 Å². The first-order chi connectivity index (χ1) is 9.16. The summed E-state index contributed by atoms with van der Waals surface area (Å²) in [7, 11) is 0. The van der Waals surface area contributed by atoms with Crippen LogP contribution in [0.1, 0.15) is 24.5 Å². The van der Waals surface area contributed by atoms with E-state index in [9.17, 15) is 14.3 Å². The van der Waals surface area contributed by atoms with Crippen LogP contribution >= 0.6 is 0 Å². The Balaban J connectivity index is 1.81. The normalized spacial score (nSPS) is 27.8. The van der Waals surface area contributed by atoms with Crippen molar-refractivity contribution in [3.05, 3.63) is 29.6 Å². The van der Waals surface area contributed by atoms with Crippen molar-refractivity contribution in [1.82, 2.24) is 4.90 Å². The lowest BCUT2D eigenvalue weighted by Crippen LogP contribution is -2.49. The predicted molar refractivity (Wildman–Crippen MR) is 66.5 cm³/mol. The van der Waals surface area contributed by atoms with Gasteiger partial charge in [0.05, 0.1) is 6.04 Å². The zero-order chi connectivity index (χ0) is 13.4. The molecule has 0 saturated carbocycles. The summed E-state index contributed by atoms with van der Waals surface area (Å²) in [6.45, 7) is 1.52. The fraction of sp³-hybridized carbons (Fsp3) is 0.500. The lowest BCUT2D eigenvalue weighted by Gasteiger charge is -2.39. The van der Waals surface area contributed by atoms with E-state index in [1.54, 1.807) is 12.1 Å². The maximum absolute atomic E-state index is 13.6. The molecule has 0 aromatic heterocycles. The van der Waals surface area contributed by atoms with Gasteiger partial charge in [-0.05, 0) is 6.07 Å². The van der Waals surface area contributed by atoms with Gasteiger partial charge in [0, 0.05) is 31.5 Å². The summed E-state index contributed by atoms with van der Waals surface area (Å²) >= 11 is 0. The van der Waals surface area contributed by atoms with E-state index < -0.39 is 11.9 Å². The third-order valence-corrected chi connectivity index (χ3v) is 3.90. The van der Waals surface area contributed by atoms with Crippen LogP contribution in [0, 0.1) is 5.82 Å². The number of rotatable bonds is 1. The number of benzene rings is 1. The Morgan fingerprint density at radius 2 is 2.05 bits per heavy atom. The van der Waals surface area contributed by atoms with Crippen LogP contribution in [0.15, 0.2) is 18.2 Å². The van der Waals surface area contributed by atoms with Crippen molar-refractivity contribution in [2.75, 3.05) is 19.7 Å². The molecule has 2 aliphatic heterocycles. The van der Waals surface area contributed by atoms with Gasteiger partial charge in [0.25, 0.3) is 0 Å². The molecule has 19 heavy (non-hydrogen) atoms. The van der Waals surface area contributed by atoms with Crippen LogP contribution in [0.4, 0.5) is 4.39 Å². The van der Waals surface area contributed by atoms with Gasteiger partial charge in [0.1, 0.15) is 18.5 Å². The Morgan fingerprint density at radius 1 is 1.32 bits per heavy atom. The van der Waals surface area contributed by atoms with E-state index in [1.165, 1.54) is 6.07 Å². The smallest absolute Gasteiger partial charge is 0.165 e. The highest BCUT2D eigenvalue weighted by atomic mass is 19.1. The maximum atomic E-state index is 13.6. The first-order valence-electron chi connectivity index (χ1n) is 6.52.